The van der Waals surface area contributed by atoms with E-state index in [1.807, 2.05) is 12.1 Å². The van der Waals surface area contributed by atoms with Gasteiger partial charge in [0.1, 0.15) is 0 Å². The maximum atomic E-state index is 12.1. The summed E-state index contributed by atoms with van der Waals surface area (Å²) in [6.45, 7) is 1.16. The first-order chi connectivity index (χ1) is 9.24. The molecule has 19 heavy (non-hydrogen) atoms. The van der Waals surface area contributed by atoms with Crippen molar-refractivity contribution in [2.45, 2.75) is 31.5 Å². The molecule has 2 aliphatic heterocycles. The Labute approximate surface area is 111 Å². The van der Waals surface area contributed by atoms with Crippen LogP contribution in [0.15, 0.2) is 24.5 Å². The van der Waals surface area contributed by atoms with Crippen molar-refractivity contribution >= 4 is 11.9 Å². The van der Waals surface area contributed by atoms with E-state index in [0.29, 0.717) is 19.5 Å². The minimum Gasteiger partial charge on any atom is -0.351 e. The minimum atomic E-state index is -0.104. The second-order valence-electron chi connectivity index (χ2n) is 4.95. The molecule has 1 aromatic heterocycles. The van der Waals surface area contributed by atoms with Crippen molar-refractivity contribution in [3.8, 4) is 0 Å². The average Bonchev–Trinajstić information content (AvgIpc) is 2.96. The zero-order valence-corrected chi connectivity index (χ0v) is 10.5. The second kappa shape index (κ2) is 4.87. The first-order valence-corrected chi connectivity index (χ1v) is 6.47. The summed E-state index contributed by atoms with van der Waals surface area (Å²) in [6.07, 6.45) is 4.70. The number of aromatic nitrogens is 1. The van der Waals surface area contributed by atoms with E-state index in [-0.39, 0.29) is 24.0 Å². The molecule has 0 spiro atoms. The Morgan fingerprint density at radius 3 is 3.26 bits per heavy atom. The maximum Gasteiger partial charge on any atom is 0.318 e. The van der Waals surface area contributed by atoms with Crippen LogP contribution in [0.2, 0.25) is 0 Å². The fourth-order valence-corrected chi connectivity index (χ4v) is 2.76. The predicted octanol–water partition coefficient (Wildman–Crippen LogP) is 0.254. The number of hydrogen-bond donors (Lipinski definition) is 2. The van der Waals surface area contributed by atoms with Crippen molar-refractivity contribution in [3.05, 3.63) is 30.1 Å². The first kappa shape index (κ1) is 12.0. The second-order valence-corrected chi connectivity index (χ2v) is 4.95. The Morgan fingerprint density at radius 1 is 1.58 bits per heavy atom. The predicted molar refractivity (Wildman–Crippen MR) is 68.1 cm³/mol. The number of fused-ring (bicyclic) bond motifs is 1. The van der Waals surface area contributed by atoms with Gasteiger partial charge in [-0.15, -0.1) is 0 Å². The highest BCUT2D eigenvalue weighted by Gasteiger charge is 2.43. The van der Waals surface area contributed by atoms with E-state index in [1.165, 1.54) is 0 Å². The first-order valence-electron chi connectivity index (χ1n) is 6.47. The highest BCUT2D eigenvalue weighted by Crippen LogP contribution is 2.25. The number of carbonyl (C=O) groups excluding carboxylic acids is 2. The number of carbonyl (C=O) groups is 2. The number of nitrogens with one attached hydrogen (secondary N) is 2. The molecule has 6 nitrogen and oxygen atoms in total. The molecular weight excluding hydrogens is 244 g/mol. The Hall–Kier alpha value is -2.11. The van der Waals surface area contributed by atoms with Gasteiger partial charge in [-0.3, -0.25) is 9.78 Å². The molecule has 100 valence electrons. The van der Waals surface area contributed by atoms with Crippen LogP contribution in [0.1, 0.15) is 18.4 Å². The smallest absolute Gasteiger partial charge is 0.318 e. The summed E-state index contributed by atoms with van der Waals surface area (Å²) in [5, 5.41) is 5.78. The number of nitrogens with zero attached hydrogens (tertiary/aromatic N) is 2. The van der Waals surface area contributed by atoms with E-state index in [4.69, 9.17) is 0 Å². The van der Waals surface area contributed by atoms with E-state index >= 15 is 0 Å². The van der Waals surface area contributed by atoms with Gasteiger partial charge in [0, 0.05) is 31.9 Å². The standard InChI is InChI=1S/C13H16N4O2/c18-12-6-11-10(16-12)3-5-17(11)13(19)15-8-9-2-1-4-14-7-9/h1-2,4,7,10-11H,3,5-6,8H2,(H,15,19)(H,16,18)/t10-,11+/m0/s1. The topological polar surface area (TPSA) is 74.3 Å². The zero-order valence-electron chi connectivity index (χ0n) is 10.5. The van der Waals surface area contributed by atoms with Crippen LogP contribution in [-0.4, -0.2) is 40.5 Å². The molecule has 3 heterocycles. The summed E-state index contributed by atoms with van der Waals surface area (Å²) >= 11 is 0. The number of likely N-dealkylation sites (tertiary alicyclic amines) is 1. The van der Waals surface area contributed by atoms with Crippen molar-refractivity contribution in [2.24, 2.45) is 0 Å². The molecule has 6 heteroatoms. The minimum absolute atomic E-state index is 0.0152. The van der Waals surface area contributed by atoms with Crippen LogP contribution in [0.5, 0.6) is 0 Å². The quantitative estimate of drug-likeness (QED) is 0.800. The summed E-state index contributed by atoms with van der Waals surface area (Å²) in [5.74, 6) is 0.0414. The van der Waals surface area contributed by atoms with Crippen LogP contribution in [-0.2, 0) is 11.3 Å². The van der Waals surface area contributed by atoms with Crippen LogP contribution in [0.4, 0.5) is 4.79 Å². The van der Waals surface area contributed by atoms with Crippen LogP contribution in [0.25, 0.3) is 0 Å². The largest absolute Gasteiger partial charge is 0.351 e. The molecule has 0 aromatic carbocycles. The summed E-state index contributed by atoms with van der Waals surface area (Å²) in [6, 6.07) is 3.80. The van der Waals surface area contributed by atoms with E-state index in [0.717, 1.165) is 12.0 Å². The van der Waals surface area contributed by atoms with Gasteiger partial charge in [0.15, 0.2) is 0 Å². The molecule has 0 unspecified atom stereocenters. The number of pyridine rings is 1. The van der Waals surface area contributed by atoms with Crippen LogP contribution >= 0.6 is 0 Å². The molecule has 0 saturated carbocycles. The molecule has 0 bridgehead atoms. The third kappa shape index (κ3) is 2.38. The average molecular weight is 260 g/mol. The molecule has 3 rings (SSSR count). The highest BCUT2D eigenvalue weighted by molar-refractivity contribution is 5.82. The van der Waals surface area contributed by atoms with Crippen molar-refractivity contribution in [2.75, 3.05) is 6.54 Å². The number of hydrogen-bond acceptors (Lipinski definition) is 3. The summed E-state index contributed by atoms with van der Waals surface area (Å²) < 4.78 is 0. The fraction of sp³-hybridized carbons (Fsp3) is 0.462. The lowest BCUT2D eigenvalue weighted by molar-refractivity contribution is -0.119. The molecule has 3 amide bonds. The monoisotopic (exact) mass is 260 g/mol. The van der Waals surface area contributed by atoms with Crippen molar-refractivity contribution in [3.63, 3.8) is 0 Å². The summed E-state index contributed by atoms with van der Waals surface area (Å²) in [5.41, 5.74) is 0.965. The fourth-order valence-electron chi connectivity index (χ4n) is 2.76. The molecule has 2 aliphatic rings. The number of rotatable bonds is 2. The molecule has 2 fully saturated rings. The summed E-state index contributed by atoms with van der Waals surface area (Å²) in [4.78, 5) is 29.2. The Bertz CT molecular complexity index is 491. The van der Waals surface area contributed by atoms with E-state index in [9.17, 15) is 9.59 Å². The molecule has 0 aliphatic carbocycles. The molecular formula is C13H16N4O2. The molecule has 0 radical (unpaired) electrons. The summed E-state index contributed by atoms with van der Waals surface area (Å²) in [7, 11) is 0. The lowest BCUT2D eigenvalue weighted by Gasteiger charge is -2.22. The third-order valence-corrected chi connectivity index (χ3v) is 3.71. The zero-order chi connectivity index (χ0) is 13.2. The maximum absolute atomic E-state index is 12.1. The van der Waals surface area contributed by atoms with Crippen LogP contribution in [0, 0.1) is 0 Å². The lowest BCUT2D eigenvalue weighted by atomic mass is 10.1. The van der Waals surface area contributed by atoms with Gasteiger partial charge in [-0.1, -0.05) is 6.07 Å². The van der Waals surface area contributed by atoms with Gasteiger partial charge in [-0.05, 0) is 18.1 Å². The Morgan fingerprint density at radius 2 is 2.47 bits per heavy atom. The van der Waals surface area contributed by atoms with Crippen molar-refractivity contribution < 1.29 is 9.59 Å². The van der Waals surface area contributed by atoms with Gasteiger partial charge in [0.2, 0.25) is 5.91 Å². The molecule has 2 N–H and O–H groups in total. The highest BCUT2D eigenvalue weighted by atomic mass is 16.2. The van der Waals surface area contributed by atoms with Gasteiger partial charge in [0.25, 0.3) is 0 Å². The lowest BCUT2D eigenvalue weighted by Crippen LogP contribution is -2.44. The van der Waals surface area contributed by atoms with Crippen molar-refractivity contribution in [1.29, 1.82) is 0 Å². The third-order valence-electron chi connectivity index (χ3n) is 3.71. The van der Waals surface area contributed by atoms with Gasteiger partial charge >= 0.3 is 6.03 Å². The molecule has 2 atom stereocenters. The normalized spacial score (nSPS) is 25.1. The SMILES string of the molecule is O=C1C[C@@H]2[C@H](CCN2C(=O)NCc2cccnc2)N1. The Balaban J connectivity index is 1.58. The van der Waals surface area contributed by atoms with E-state index in [1.54, 1.807) is 17.3 Å². The number of urea groups is 1. The Kier molecular flexibility index (Phi) is 3.06. The van der Waals surface area contributed by atoms with E-state index in [2.05, 4.69) is 15.6 Å². The van der Waals surface area contributed by atoms with Crippen molar-refractivity contribution in [1.82, 2.24) is 20.5 Å². The van der Waals surface area contributed by atoms with Crippen LogP contribution in [0.3, 0.4) is 0 Å². The van der Waals surface area contributed by atoms with Gasteiger partial charge in [-0.2, -0.15) is 0 Å². The van der Waals surface area contributed by atoms with Crippen LogP contribution < -0.4 is 10.6 Å². The van der Waals surface area contributed by atoms with Gasteiger partial charge in [-0.25, -0.2) is 4.79 Å². The van der Waals surface area contributed by atoms with E-state index < -0.39 is 0 Å². The van der Waals surface area contributed by atoms with Gasteiger partial charge < -0.3 is 15.5 Å². The molecule has 1 aromatic rings. The molecule has 2 saturated heterocycles. The van der Waals surface area contributed by atoms with Gasteiger partial charge in [0.05, 0.1) is 12.1 Å². The number of amides is 3.